The Morgan fingerprint density at radius 3 is 2.75 bits per heavy atom. The van der Waals surface area contributed by atoms with E-state index in [4.69, 9.17) is 0 Å². The van der Waals surface area contributed by atoms with E-state index in [9.17, 15) is 5.21 Å². The van der Waals surface area contributed by atoms with Gasteiger partial charge in [-0.25, -0.2) is 4.98 Å². The number of aryl methyl sites for hydroxylation is 1. The monoisotopic (exact) mass is 274 g/mol. The van der Waals surface area contributed by atoms with E-state index in [2.05, 4.69) is 29.0 Å². The zero-order chi connectivity index (χ0) is 14.4. The van der Waals surface area contributed by atoms with Crippen molar-refractivity contribution in [1.82, 2.24) is 15.0 Å². The third-order valence-corrected chi connectivity index (χ3v) is 3.38. The highest BCUT2D eigenvalue weighted by Crippen LogP contribution is 2.06. The Morgan fingerprint density at radius 1 is 1.20 bits per heavy atom. The molecule has 0 radical (unpaired) electrons. The van der Waals surface area contributed by atoms with E-state index in [1.807, 2.05) is 18.2 Å². The summed E-state index contributed by atoms with van der Waals surface area (Å²) in [7, 11) is 2.13. The summed E-state index contributed by atoms with van der Waals surface area (Å²) >= 11 is 0. The van der Waals surface area contributed by atoms with Gasteiger partial charge < -0.3 is 10.1 Å². The van der Waals surface area contributed by atoms with E-state index in [1.165, 1.54) is 12.8 Å². The van der Waals surface area contributed by atoms with Gasteiger partial charge in [-0.1, -0.05) is 25.5 Å². The topological polar surface area (TPSA) is 56.0 Å². The van der Waals surface area contributed by atoms with Crippen molar-refractivity contribution in [2.24, 2.45) is 0 Å². The number of rotatable bonds is 7. The lowest BCUT2D eigenvalue weighted by atomic mass is 10.2. The van der Waals surface area contributed by atoms with Gasteiger partial charge in [-0.2, -0.15) is 0 Å². The van der Waals surface area contributed by atoms with E-state index in [0.717, 1.165) is 25.9 Å². The van der Waals surface area contributed by atoms with Crippen molar-refractivity contribution < 1.29 is 4.85 Å². The van der Waals surface area contributed by atoms with Gasteiger partial charge in [0, 0.05) is 17.6 Å². The summed E-state index contributed by atoms with van der Waals surface area (Å²) in [5.41, 5.74) is 1.24. The molecule has 1 aromatic heterocycles. The highest BCUT2D eigenvalue weighted by atomic mass is 16.5. The molecular formula is C15H22N4O. The fourth-order valence-electron chi connectivity index (χ4n) is 2.19. The minimum Gasteiger partial charge on any atom is -0.594 e. The molecule has 108 valence electrons. The van der Waals surface area contributed by atoms with Gasteiger partial charge in [0.2, 0.25) is 0 Å². The zero-order valence-corrected chi connectivity index (χ0v) is 12.2. The molecule has 2 aromatic rings. The third-order valence-electron chi connectivity index (χ3n) is 3.38. The van der Waals surface area contributed by atoms with Gasteiger partial charge in [0.05, 0.1) is 0 Å². The maximum absolute atomic E-state index is 11.8. The molecular weight excluding hydrogens is 252 g/mol. The number of unbranched alkanes of at least 4 members (excludes halogenated alkanes) is 1. The van der Waals surface area contributed by atoms with Gasteiger partial charge in [-0.15, -0.1) is 0 Å². The van der Waals surface area contributed by atoms with Gasteiger partial charge in [0.15, 0.2) is 5.82 Å². The quantitative estimate of drug-likeness (QED) is 0.572. The molecule has 0 aliphatic heterocycles. The lowest BCUT2D eigenvalue weighted by Gasteiger charge is -2.15. The smallest absolute Gasteiger partial charge is 0.270 e. The maximum Gasteiger partial charge on any atom is 0.270 e. The molecule has 0 atom stereocenters. The molecule has 0 spiro atoms. The van der Waals surface area contributed by atoms with Crippen molar-refractivity contribution in [2.75, 3.05) is 20.1 Å². The van der Waals surface area contributed by atoms with Crippen molar-refractivity contribution in [3.05, 3.63) is 35.3 Å². The molecule has 20 heavy (non-hydrogen) atoms. The predicted molar refractivity (Wildman–Crippen MR) is 79.2 cm³/mol. The van der Waals surface area contributed by atoms with Crippen molar-refractivity contribution in [1.29, 1.82) is 0 Å². The SMILES string of the molecule is CCCCN(C)CCCc1nc2ccccc2[n+]([O-])n1. The molecule has 0 fully saturated rings. The molecule has 0 amide bonds. The second-order valence-corrected chi connectivity index (χ2v) is 5.15. The van der Waals surface area contributed by atoms with Gasteiger partial charge in [-0.05, 0) is 43.9 Å². The first kappa shape index (κ1) is 14.7. The lowest BCUT2D eigenvalue weighted by molar-refractivity contribution is -0.644. The van der Waals surface area contributed by atoms with Gasteiger partial charge >= 0.3 is 0 Å². The zero-order valence-electron chi connectivity index (χ0n) is 12.2. The van der Waals surface area contributed by atoms with Crippen LogP contribution in [0.2, 0.25) is 0 Å². The summed E-state index contributed by atoms with van der Waals surface area (Å²) < 4.78 is 0. The second kappa shape index (κ2) is 7.14. The molecule has 1 heterocycles. The Hall–Kier alpha value is -1.75. The molecule has 0 unspecified atom stereocenters. The number of aromatic nitrogens is 3. The molecule has 2 rings (SSSR count). The van der Waals surface area contributed by atoms with Crippen LogP contribution in [0.3, 0.4) is 0 Å². The van der Waals surface area contributed by atoms with E-state index in [-0.39, 0.29) is 0 Å². The number of nitrogens with zero attached hydrogens (tertiary/aromatic N) is 4. The summed E-state index contributed by atoms with van der Waals surface area (Å²) in [6, 6.07) is 7.30. The molecule has 5 heteroatoms. The minimum atomic E-state index is 0.524. The van der Waals surface area contributed by atoms with Crippen LogP contribution < -0.4 is 4.85 Å². The van der Waals surface area contributed by atoms with Crippen LogP contribution in [0.1, 0.15) is 32.0 Å². The maximum atomic E-state index is 11.8. The third kappa shape index (κ3) is 3.87. The predicted octanol–water partition coefficient (Wildman–Crippen LogP) is 1.93. The summed E-state index contributed by atoms with van der Waals surface area (Å²) in [5.74, 6) is 0.627. The molecule has 5 nitrogen and oxygen atoms in total. The van der Waals surface area contributed by atoms with E-state index < -0.39 is 0 Å². The Labute approximate surface area is 119 Å². The highest BCUT2D eigenvalue weighted by molar-refractivity contribution is 5.70. The number of hydrogen-bond acceptors (Lipinski definition) is 4. The summed E-state index contributed by atoms with van der Waals surface area (Å²) in [6.45, 7) is 4.33. The summed E-state index contributed by atoms with van der Waals surface area (Å²) in [6.07, 6.45) is 4.15. The van der Waals surface area contributed by atoms with Crippen molar-refractivity contribution in [2.45, 2.75) is 32.6 Å². The number of benzene rings is 1. The molecule has 0 aliphatic rings. The largest absolute Gasteiger partial charge is 0.594 e. The van der Waals surface area contributed by atoms with Crippen LogP contribution in [0.15, 0.2) is 24.3 Å². The number of fused-ring (bicyclic) bond motifs is 1. The van der Waals surface area contributed by atoms with Crippen LogP contribution >= 0.6 is 0 Å². The fourth-order valence-corrected chi connectivity index (χ4v) is 2.19. The van der Waals surface area contributed by atoms with E-state index in [0.29, 0.717) is 21.7 Å². The van der Waals surface area contributed by atoms with Gasteiger partial charge in [0.25, 0.3) is 5.52 Å². The van der Waals surface area contributed by atoms with Crippen molar-refractivity contribution in [3.8, 4) is 0 Å². The van der Waals surface area contributed by atoms with Crippen molar-refractivity contribution in [3.63, 3.8) is 0 Å². The number of para-hydroxylation sites is 2. The molecule has 0 N–H and O–H groups in total. The fraction of sp³-hybridized carbons (Fsp3) is 0.533. The van der Waals surface area contributed by atoms with Crippen LogP contribution in [-0.2, 0) is 6.42 Å². The van der Waals surface area contributed by atoms with Crippen LogP contribution in [0.25, 0.3) is 11.0 Å². The molecule has 0 aliphatic carbocycles. The highest BCUT2D eigenvalue weighted by Gasteiger charge is 2.09. The average molecular weight is 274 g/mol. The Bertz CT molecular complexity index is 559. The molecule has 1 aromatic carbocycles. The first-order chi connectivity index (χ1) is 9.70. The molecule has 0 bridgehead atoms. The number of hydrogen-bond donors (Lipinski definition) is 0. The van der Waals surface area contributed by atoms with Crippen LogP contribution in [0.5, 0.6) is 0 Å². The van der Waals surface area contributed by atoms with Gasteiger partial charge in [0.1, 0.15) is 5.52 Å². The second-order valence-electron chi connectivity index (χ2n) is 5.15. The standard InChI is InChI=1S/C15H22N4O/c1-3-4-11-18(2)12-7-10-15-16-13-8-5-6-9-14(13)19(20)17-15/h5-6,8-9H,3-4,7,10-12H2,1-2H3. The first-order valence-electron chi connectivity index (χ1n) is 7.24. The van der Waals surface area contributed by atoms with E-state index in [1.54, 1.807) is 6.07 Å². The normalized spacial score (nSPS) is 11.3. The van der Waals surface area contributed by atoms with Crippen LogP contribution in [0.4, 0.5) is 0 Å². The van der Waals surface area contributed by atoms with Crippen LogP contribution in [-0.4, -0.2) is 35.1 Å². The Morgan fingerprint density at radius 2 is 1.95 bits per heavy atom. The molecule has 0 saturated heterocycles. The first-order valence-corrected chi connectivity index (χ1v) is 7.24. The van der Waals surface area contributed by atoms with E-state index >= 15 is 0 Å². The van der Waals surface area contributed by atoms with Crippen LogP contribution in [0, 0.1) is 5.21 Å². The Kier molecular flexibility index (Phi) is 5.24. The minimum absolute atomic E-state index is 0.524. The van der Waals surface area contributed by atoms with Crippen molar-refractivity contribution >= 4 is 11.0 Å². The summed E-state index contributed by atoms with van der Waals surface area (Å²) in [5, 5.41) is 15.8. The Balaban J connectivity index is 1.93. The van der Waals surface area contributed by atoms with Gasteiger partial charge in [-0.3, -0.25) is 0 Å². The average Bonchev–Trinajstić information content (AvgIpc) is 2.45. The summed E-state index contributed by atoms with van der Waals surface area (Å²) in [4.78, 5) is 7.44. The molecule has 0 saturated carbocycles. The lowest BCUT2D eigenvalue weighted by Crippen LogP contribution is -2.34.